The van der Waals surface area contributed by atoms with Crippen molar-refractivity contribution in [1.29, 1.82) is 0 Å². The number of nitrogens with one attached hydrogen (secondary N) is 1. The molecule has 0 saturated heterocycles. The fraction of sp³-hybridized carbons (Fsp3) is 0.667. The molecule has 0 fully saturated rings. The van der Waals surface area contributed by atoms with E-state index in [1.165, 1.54) is 12.0 Å². The van der Waals surface area contributed by atoms with E-state index in [1.54, 1.807) is 0 Å². The molecule has 1 aromatic carbocycles. The maximum atomic E-state index is 6.39. The summed E-state index contributed by atoms with van der Waals surface area (Å²) in [6, 6.07) is 6.82. The minimum absolute atomic E-state index is 0.0660. The number of rotatable bonds is 6. The van der Waals surface area contributed by atoms with Gasteiger partial charge in [0, 0.05) is 22.5 Å². The van der Waals surface area contributed by atoms with Crippen LogP contribution in [0.1, 0.15) is 65.0 Å². The van der Waals surface area contributed by atoms with E-state index < -0.39 is 0 Å². The summed E-state index contributed by atoms with van der Waals surface area (Å²) in [5.41, 5.74) is 1.23. The Bertz CT molecular complexity index is 474. The molecule has 1 aliphatic heterocycles. The van der Waals surface area contributed by atoms with Crippen molar-refractivity contribution in [3.63, 3.8) is 0 Å². The van der Waals surface area contributed by atoms with Crippen molar-refractivity contribution >= 4 is 15.9 Å². The summed E-state index contributed by atoms with van der Waals surface area (Å²) in [6.07, 6.45) is 4.53. The van der Waals surface area contributed by atoms with E-state index in [4.69, 9.17) is 4.74 Å². The topological polar surface area (TPSA) is 21.3 Å². The molecule has 0 bridgehead atoms. The highest BCUT2D eigenvalue weighted by Gasteiger charge is 2.36. The average Bonchev–Trinajstić information content (AvgIpc) is 2.42. The highest BCUT2D eigenvalue weighted by atomic mass is 79.9. The van der Waals surface area contributed by atoms with Crippen molar-refractivity contribution in [1.82, 2.24) is 5.32 Å². The van der Waals surface area contributed by atoms with Gasteiger partial charge in [-0.1, -0.05) is 42.8 Å². The molecule has 0 aromatic heterocycles. The van der Waals surface area contributed by atoms with Crippen LogP contribution in [0.3, 0.4) is 0 Å². The lowest BCUT2D eigenvalue weighted by atomic mass is 9.84. The summed E-state index contributed by atoms with van der Waals surface area (Å²) in [4.78, 5) is 0. The maximum Gasteiger partial charge on any atom is 0.126 e. The Hall–Kier alpha value is -0.540. The molecular weight excluding hydrogens is 326 g/mol. The summed E-state index contributed by atoms with van der Waals surface area (Å²) in [7, 11) is 0. The molecule has 2 nitrogen and oxygen atoms in total. The maximum absolute atomic E-state index is 6.39. The van der Waals surface area contributed by atoms with Gasteiger partial charge in [0.25, 0.3) is 0 Å². The molecule has 21 heavy (non-hydrogen) atoms. The summed E-state index contributed by atoms with van der Waals surface area (Å²) >= 11 is 3.56. The Kier molecular flexibility index (Phi) is 5.73. The molecular formula is C18H28BrNO. The van der Waals surface area contributed by atoms with Crippen molar-refractivity contribution in [2.45, 2.75) is 65.0 Å². The largest absolute Gasteiger partial charge is 0.487 e. The molecule has 0 radical (unpaired) electrons. The third-order valence-corrected chi connectivity index (χ3v) is 4.73. The van der Waals surface area contributed by atoms with Gasteiger partial charge in [0.1, 0.15) is 11.4 Å². The van der Waals surface area contributed by atoms with Gasteiger partial charge < -0.3 is 10.1 Å². The van der Waals surface area contributed by atoms with Crippen molar-refractivity contribution in [3.05, 3.63) is 28.2 Å². The number of fused-ring (bicyclic) bond motifs is 1. The van der Waals surface area contributed by atoms with E-state index in [2.05, 4.69) is 67.1 Å². The van der Waals surface area contributed by atoms with Crippen LogP contribution in [0.15, 0.2) is 22.7 Å². The summed E-state index contributed by atoms with van der Waals surface area (Å²) in [5.74, 6) is 1.76. The average molecular weight is 354 g/mol. The van der Waals surface area contributed by atoms with Crippen LogP contribution < -0.4 is 10.1 Å². The Morgan fingerprint density at radius 3 is 2.86 bits per heavy atom. The molecule has 0 amide bonds. The van der Waals surface area contributed by atoms with E-state index in [9.17, 15) is 0 Å². The molecule has 1 aromatic rings. The zero-order chi connectivity index (χ0) is 15.5. The van der Waals surface area contributed by atoms with E-state index >= 15 is 0 Å². The highest BCUT2D eigenvalue weighted by molar-refractivity contribution is 9.10. The van der Waals surface area contributed by atoms with Gasteiger partial charge in [0.05, 0.1) is 0 Å². The van der Waals surface area contributed by atoms with Gasteiger partial charge in [-0.15, -0.1) is 0 Å². The van der Waals surface area contributed by atoms with Gasteiger partial charge >= 0.3 is 0 Å². The monoisotopic (exact) mass is 353 g/mol. The molecule has 0 saturated carbocycles. The molecule has 1 N–H and O–H groups in total. The van der Waals surface area contributed by atoms with Gasteiger partial charge in [-0.2, -0.15) is 0 Å². The van der Waals surface area contributed by atoms with Gasteiger partial charge in [-0.25, -0.2) is 0 Å². The van der Waals surface area contributed by atoms with Crippen LogP contribution in [0.5, 0.6) is 5.75 Å². The van der Waals surface area contributed by atoms with Crippen LogP contribution in [-0.4, -0.2) is 12.1 Å². The molecule has 2 unspecified atom stereocenters. The molecule has 2 atom stereocenters. The van der Waals surface area contributed by atoms with Crippen LogP contribution in [0.4, 0.5) is 0 Å². The van der Waals surface area contributed by atoms with Crippen LogP contribution in [0.2, 0.25) is 0 Å². The second-order valence-electron chi connectivity index (χ2n) is 6.88. The third-order valence-electron chi connectivity index (χ3n) is 4.23. The van der Waals surface area contributed by atoms with E-state index in [-0.39, 0.29) is 5.60 Å². The minimum atomic E-state index is -0.0660. The minimum Gasteiger partial charge on any atom is -0.487 e. The summed E-state index contributed by atoms with van der Waals surface area (Å²) < 4.78 is 7.48. The van der Waals surface area contributed by atoms with E-state index in [1.807, 2.05) is 0 Å². The Balaban J connectivity index is 2.22. The second-order valence-corrected chi connectivity index (χ2v) is 7.79. The van der Waals surface area contributed by atoms with Crippen LogP contribution >= 0.6 is 15.9 Å². The van der Waals surface area contributed by atoms with Crippen molar-refractivity contribution in [2.24, 2.45) is 5.92 Å². The predicted molar refractivity (Wildman–Crippen MR) is 92.9 cm³/mol. The normalized spacial score (nSPS) is 24.8. The lowest BCUT2D eigenvalue weighted by Crippen LogP contribution is -2.42. The molecule has 1 aliphatic rings. The van der Waals surface area contributed by atoms with Crippen molar-refractivity contribution < 1.29 is 4.74 Å². The Morgan fingerprint density at radius 2 is 2.19 bits per heavy atom. The molecule has 0 aliphatic carbocycles. The summed E-state index contributed by atoms with van der Waals surface area (Å²) in [6.45, 7) is 10.1. The van der Waals surface area contributed by atoms with Crippen molar-refractivity contribution in [2.75, 3.05) is 6.54 Å². The molecule has 1 heterocycles. The first-order valence-electron chi connectivity index (χ1n) is 8.15. The molecule has 3 heteroatoms. The van der Waals surface area contributed by atoms with Gasteiger partial charge in [-0.05, 0) is 50.8 Å². The first kappa shape index (κ1) is 16.8. The Labute approximate surface area is 137 Å². The number of halogens is 1. The molecule has 2 rings (SSSR count). The van der Waals surface area contributed by atoms with Crippen LogP contribution in [-0.2, 0) is 0 Å². The van der Waals surface area contributed by atoms with E-state index in [0.717, 1.165) is 41.9 Å². The molecule has 0 spiro atoms. The van der Waals surface area contributed by atoms with E-state index in [0.29, 0.717) is 6.04 Å². The Morgan fingerprint density at radius 1 is 1.43 bits per heavy atom. The van der Waals surface area contributed by atoms with Crippen LogP contribution in [0.25, 0.3) is 0 Å². The number of hydrogen-bond acceptors (Lipinski definition) is 2. The zero-order valence-electron chi connectivity index (χ0n) is 13.7. The van der Waals surface area contributed by atoms with Gasteiger partial charge in [-0.3, -0.25) is 0 Å². The predicted octanol–water partition coefficient (Wildman–Crippen LogP) is 5.47. The standard InChI is InChI=1S/C18H28BrNO/c1-5-10-20-16-12-18(4,9-8-13(2)3)21-17-11-14(19)6-7-15(16)17/h6-7,11,13,16,20H,5,8-10,12H2,1-4H3. The second kappa shape index (κ2) is 7.15. The fourth-order valence-electron chi connectivity index (χ4n) is 2.98. The van der Waals surface area contributed by atoms with Gasteiger partial charge in [0.15, 0.2) is 0 Å². The number of benzene rings is 1. The first-order chi connectivity index (χ1) is 9.93. The first-order valence-corrected chi connectivity index (χ1v) is 8.94. The zero-order valence-corrected chi connectivity index (χ0v) is 15.3. The SMILES string of the molecule is CCCNC1CC(C)(CCC(C)C)Oc2cc(Br)ccc21. The smallest absolute Gasteiger partial charge is 0.126 e. The molecule has 118 valence electrons. The quantitative estimate of drug-likeness (QED) is 0.732. The summed E-state index contributed by atoms with van der Waals surface area (Å²) in [5, 5.41) is 3.69. The highest BCUT2D eigenvalue weighted by Crippen LogP contribution is 2.43. The fourth-order valence-corrected chi connectivity index (χ4v) is 3.32. The number of ether oxygens (including phenoxy) is 1. The third kappa shape index (κ3) is 4.46. The lowest BCUT2D eigenvalue weighted by molar-refractivity contribution is 0.0348. The van der Waals surface area contributed by atoms with Crippen LogP contribution in [0, 0.1) is 5.92 Å². The number of hydrogen-bond donors (Lipinski definition) is 1. The lowest BCUT2D eigenvalue weighted by Gasteiger charge is -2.41. The van der Waals surface area contributed by atoms with Gasteiger partial charge in [0.2, 0.25) is 0 Å². The van der Waals surface area contributed by atoms with Crippen molar-refractivity contribution in [3.8, 4) is 5.75 Å².